The van der Waals surface area contributed by atoms with Crippen molar-refractivity contribution in [3.05, 3.63) is 59.7 Å². The van der Waals surface area contributed by atoms with Gasteiger partial charge in [0.15, 0.2) is 0 Å². The second kappa shape index (κ2) is 13.8. The number of carbonyl (C=O) groups excluding carboxylic acids is 1. The number of aliphatic hydroxyl groups excluding tert-OH is 1. The minimum atomic E-state index is -0.934. The Bertz CT molecular complexity index is 1150. The van der Waals surface area contributed by atoms with Crippen LogP contribution in [0.3, 0.4) is 0 Å². The molecule has 1 amide bonds. The molecule has 2 bridgehead atoms. The average Bonchev–Trinajstić information content (AvgIpc) is 3.57. The van der Waals surface area contributed by atoms with Crippen LogP contribution in [0.2, 0.25) is 0 Å². The van der Waals surface area contributed by atoms with Crippen LogP contribution in [0.25, 0.3) is 0 Å². The number of hydrogen-bond donors (Lipinski definition) is 5. The number of nitrogens with zero attached hydrogens (tertiary/aromatic N) is 1. The molecule has 4 aliphatic rings. The Hall–Kier alpha value is -2.53. The molecule has 0 aromatic heterocycles. The number of piperidine rings is 3. The molecule has 230 valence electrons. The standard InChI is InChI=1S/C33H47N3O6/c1-24(34-20-31(39)26-11-12-30(38)29(19-26)35-23-37)41-18-17-36-15-13-25(14-16-36)32(21-36)42-22-33(40,28-9-5-6-10-28)27-7-3-2-4-8-27/h2-4,7-8,11-12,19,23-25,28,31-32,34,39-40H,5-6,9-10,13-18,20-22H2,1H3,(H-,35,37,38)/p+1/t24?,25?,31-,32-,33+,36?/m0/s1. The number of aromatic hydroxyl groups is 1. The van der Waals surface area contributed by atoms with E-state index in [4.69, 9.17) is 9.47 Å². The lowest BCUT2D eigenvalue weighted by atomic mass is 9.80. The quantitative estimate of drug-likeness (QED) is 0.0941. The summed E-state index contributed by atoms with van der Waals surface area (Å²) >= 11 is 0. The van der Waals surface area contributed by atoms with Crippen molar-refractivity contribution in [3.63, 3.8) is 0 Å². The second-order valence-corrected chi connectivity index (χ2v) is 12.6. The second-order valence-electron chi connectivity index (χ2n) is 12.6. The van der Waals surface area contributed by atoms with Crippen molar-refractivity contribution in [2.75, 3.05) is 51.3 Å². The highest BCUT2D eigenvalue weighted by atomic mass is 16.5. The summed E-state index contributed by atoms with van der Waals surface area (Å²) in [5.41, 5.74) is 0.890. The van der Waals surface area contributed by atoms with Crippen molar-refractivity contribution in [3.8, 4) is 5.75 Å². The molecule has 1 unspecified atom stereocenters. The maximum Gasteiger partial charge on any atom is 0.211 e. The summed E-state index contributed by atoms with van der Waals surface area (Å²) in [6, 6.07) is 14.8. The Morgan fingerprint density at radius 1 is 1.10 bits per heavy atom. The van der Waals surface area contributed by atoms with Crippen molar-refractivity contribution in [2.45, 2.75) is 69.5 Å². The van der Waals surface area contributed by atoms with E-state index < -0.39 is 11.7 Å². The number of fused-ring (bicyclic) bond motifs is 3. The molecule has 9 heteroatoms. The van der Waals surface area contributed by atoms with Gasteiger partial charge in [0.05, 0.1) is 38.1 Å². The van der Waals surface area contributed by atoms with Crippen LogP contribution in [0, 0.1) is 11.8 Å². The highest BCUT2D eigenvalue weighted by molar-refractivity contribution is 5.75. The fourth-order valence-corrected chi connectivity index (χ4v) is 7.34. The minimum Gasteiger partial charge on any atom is -0.506 e. The molecular formula is C33H48N3O6+. The topological polar surface area (TPSA) is 120 Å². The molecule has 2 aromatic carbocycles. The largest absolute Gasteiger partial charge is 0.506 e. The van der Waals surface area contributed by atoms with Gasteiger partial charge in [0.1, 0.15) is 36.8 Å². The summed E-state index contributed by atoms with van der Waals surface area (Å²) in [4.78, 5) is 10.7. The molecule has 6 rings (SSSR count). The van der Waals surface area contributed by atoms with Gasteiger partial charge in [-0.2, -0.15) is 0 Å². The van der Waals surface area contributed by atoms with Crippen LogP contribution in [0.4, 0.5) is 5.69 Å². The molecule has 0 radical (unpaired) electrons. The summed E-state index contributed by atoms with van der Waals surface area (Å²) < 4.78 is 13.8. The van der Waals surface area contributed by atoms with Crippen LogP contribution in [0.15, 0.2) is 48.5 Å². The first-order valence-corrected chi connectivity index (χ1v) is 15.6. The van der Waals surface area contributed by atoms with Crippen molar-refractivity contribution >= 4 is 12.1 Å². The molecule has 3 aliphatic heterocycles. The number of amides is 1. The van der Waals surface area contributed by atoms with Crippen LogP contribution in [-0.2, 0) is 19.9 Å². The predicted molar refractivity (Wildman–Crippen MR) is 161 cm³/mol. The van der Waals surface area contributed by atoms with E-state index in [-0.39, 0.29) is 36.2 Å². The number of carbonyl (C=O) groups is 1. The Balaban J connectivity index is 1.10. The van der Waals surface area contributed by atoms with Crippen LogP contribution < -0.4 is 10.6 Å². The SMILES string of the molecule is CC(NC[C@H](O)c1ccc(O)c(NC=O)c1)OCC[N+]12CCC(CC1)[C@@H](OC[C@@](O)(c1ccccc1)C1CCCC1)C2. The molecule has 2 aromatic rings. The first-order chi connectivity index (χ1) is 20.3. The third-order valence-corrected chi connectivity index (χ3v) is 10.0. The molecule has 0 spiro atoms. The van der Waals surface area contributed by atoms with Gasteiger partial charge in [-0.15, -0.1) is 0 Å². The number of rotatable bonds is 15. The summed E-state index contributed by atoms with van der Waals surface area (Å²) in [6.07, 6.45) is 6.32. The fourth-order valence-electron chi connectivity index (χ4n) is 7.34. The molecule has 4 atom stereocenters. The zero-order valence-electron chi connectivity index (χ0n) is 24.8. The number of benzene rings is 2. The number of hydrogen-bond acceptors (Lipinski definition) is 7. The number of anilines is 1. The van der Waals surface area contributed by atoms with Gasteiger partial charge in [-0.25, -0.2) is 0 Å². The van der Waals surface area contributed by atoms with Crippen molar-refractivity contribution in [1.29, 1.82) is 0 Å². The van der Waals surface area contributed by atoms with Crippen LogP contribution in [0.5, 0.6) is 5.75 Å². The van der Waals surface area contributed by atoms with Crippen molar-refractivity contribution in [1.82, 2.24) is 5.32 Å². The van der Waals surface area contributed by atoms with Gasteiger partial charge in [-0.05, 0) is 48.9 Å². The zero-order chi connectivity index (χ0) is 29.6. The van der Waals surface area contributed by atoms with E-state index in [1.807, 2.05) is 37.3 Å². The van der Waals surface area contributed by atoms with Crippen LogP contribution >= 0.6 is 0 Å². The highest BCUT2D eigenvalue weighted by Gasteiger charge is 2.48. The lowest BCUT2D eigenvalue weighted by Gasteiger charge is -2.53. The van der Waals surface area contributed by atoms with Crippen LogP contribution in [0.1, 0.15) is 62.7 Å². The molecular weight excluding hydrogens is 534 g/mol. The van der Waals surface area contributed by atoms with Crippen molar-refractivity contribution in [2.24, 2.45) is 11.8 Å². The fraction of sp³-hybridized carbons (Fsp3) is 0.606. The maximum absolute atomic E-state index is 12.0. The molecule has 9 nitrogen and oxygen atoms in total. The summed E-state index contributed by atoms with van der Waals surface area (Å²) in [7, 11) is 0. The first kappa shape index (κ1) is 30.9. The number of nitrogens with one attached hydrogen (secondary N) is 2. The highest BCUT2D eigenvalue weighted by Crippen LogP contribution is 2.42. The number of aliphatic hydroxyl groups is 2. The molecule has 1 saturated carbocycles. The third-order valence-electron chi connectivity index (χ3n) is 10.0. The number of phenolic OH excluding ortho intramolecular Hbond substituents is 1. The van der Waals surface area contributed by atoms with E-state index in [0.717, 1.165) is 61.9 Å². The van der Waals surface area contributed by atoms with E-state index in [0.29, 0.717) is 31.1 Å². The smallest absolute Gasteiger partial charge is 0.211 e. The summed E-state index contributed by atoms with van der Waals surface area (Å²) in [5, 5.41) is 38.0. The van der Waals surface area contributed by atoms with Crippen molar-refractivity contribution < 1.29 is 34.1 Å². The van der Waals surface area contributed by atoms with Gasteiger partial charge in [0.2, 0.25) is 6.41 Å². The zero-order valence-corrected chi connectivity index (χ0v) is 24.8. The monoisotopic (exact) mass is 582 g/mol. The molecule has 1 aliphatic carbocycles. The normalized spacial score (nSPS) is 26.9. The van der Waals surface area contributed by atoms with Gasteiger partial charge in [0.25, 0.3) is 0 Å². The Morgan fingerprint density at radius 3 is 2.55 bits per heavy atom. The Kier molecular flexibility index (Phi) is 10.2. The Morgan fingerprint density at radius 2 is 1.83 bits per heavy atom. The average molecular weight is 583 g/mol. The Labute approximate surface area is 249 Å². The van der Waals surface area contributed by atoms with Crippen LogP contribution in [-0.4, -0.2) is 84.5 Å². The number of ether oxygens (including phenoxy) is 2. The molecule has 42 heavy (non-hydrogen) atoms. The van der Waals surface area contributed by atoms with Gasteiger partial charge >= 0.3 is 0 Å². The van der Waals surface area contributed by atoms with Gasteiger partial charge in [0, 0.05) is 25.3 Å². The summed E-state index contributed by atoms with van der Waals surface area (Å²) in [6.45, 7) is 7.31. The van der Waals surface area contributed by atoms with E-state index in [2.05, 4.69) is 10.6 Å². The van der Waals surface area contributed by atoms with E-state index in [9.17, 15) is 20.1 Å². The minimum absolute atomic E-state index is 0.0507. The van der Waals surface area contributed by atoms with Gasteiger partial charge < -0.3 is 34.6 Å². The first-order valence-electron chi connectivity index (χ1n) is 15.6. The molecule has 3 saturated heterocycles. The third kappa shape index (κ3) is 7.15. The predicted octanol–water partition coefficient (Wildman–Crippen LogP) is 3.65. The maximum atomic E-state index is 12.0. The van der Waals surface area contributed by atoms with Gasteiger partial charge in [-0.3, -0.25) is 10.1 Å². The number of phenols is 1. The number of quaternary nitrogens is 1. The lowest BCUT2D eigenvalue weighted by Crippen LogP contribution is -2.65. The van der Waals surface area contributed by atoms with E-state index in [1.165, 1.54) is 18.9 Å². The van der Waals surface area contributed by atoms with E-state index >= 15 is 0 Å². The molecule has 5 N–H and O–H groups in total. The van der Waals surface area contributed by atoms with E-state index in [1.54, 1.807) is 12.1 Å². The molecule has 4 fully saturated rings. The summed E-state index contributed by atoms with van der Waals surface area (Å²) in [5.74, 6) is 0.748. The lowest BCUT2D eigenvalue weighted by molar-refractivity contribution is -0.946. The molecule has 3 heterocycles. The van der Waals surface area contributed by atoms with Gasteiger partial charge in [-0.1, -0.05) is 49.2 Å².